The van der Waals surface area contributed by atoms with Gasteiger partial charge in [0.2, 0.25) is 0 Å². The molecule has 6 heteroatoms. The predicted octanol–water partition coefficient (Wildman–Crippen LogP) is 3.23. The Balaban J connectivity index is 2.38. The summed E-state index contributed by atoms with van der Waals surface area (Å²) in [5.41, 5.74) is 6.54. The molecule has 0 fully saturated rings. The van der Waals surface area contributed by atoms with E-state index in [9.17, 15) is 0 Å². The summed E-state index contributed by atoms with van der Waals surface area (Å²) in [6.45, 7) is 0.605. The van der Waals surface area contributed by atoms with E-state index in [2.05, 4.69) is 42.1 Å². The van der Waals surface area contributed by atoms with Crippen molar-refractivity contribution in [1.29, 1.82) is 0 Å². The molecule has 0 spiro atoms. The molecular weight excluding hydrogens is 354 g/mol. The van der Waals surface area contributed by atoms with Crippen molar-refractivity contribution in [3.63, 3.8) is 0 Å². The van der Waals surface area contributed by atoms with Crippen molar-refractivity contribution in [2.75, 3.05) is 6.54 Å². The minimum absolute atomic E-state index is 0.605. The van der Waals surface area contributed by atoms with Crippen LogP contribution in [-0.4, -0.2) is 16.7 Å². The van der Waals surface area contributed by atoms with E-state index >= 15 is 0 Å². The van der Waals surface area contributed by atoms with Crippen molar-refractivity contribution in [2.24, 2.45) is 5.73 Å². The van der Waals surface area contributed by atoms with Crippen molar-refractivity contribution in [3.05, 3.63) is 32.2 Å². The zero-order valence-corrected chi connectivity index (χ0v) is 12.3. The van der Waals surface area contributed by atoms with Gasteiger partial charge in [0.15, 0.2) is 0 Å². The van der Waals surface area contributed by atoms with E-state index in [4.69, 9.17) is 5.73 Å². The average Bonchev–Trinajstić information content (AvgIpc) is 2.71. The van der Waals surface area contributed by atoms with Crippen molar-refractivity contribution < 1.29 is 0 Å². The van der Waals surface area contributed by atoms with Gasteiger partial charge in [0.05, 0.1) is 0 Å². The van der Waals surface area contributed by atoms with Gasteiger partial charge in [0.25, 0.3) is 0 Å². The highest BCUT2D eigenvalue weighted by molar-refractivity contribution is 9.11. The normalized spacial score (nSPS) is 10.7. The number of nitrogens with two attached hydrogens (primary N) is 1. The molecule has 84 valence electrons. The van der Waals surface area contributed by atoms with Gasteiger partial charge in [-0.25, -0.2) is 0 Å². The molecule has 0 bridgehead atoms. The van der Waals surface area contributed by atoms with Crippen LogP contribution in [0.4, 0.5) is 0 Å². The third kappa shape index (κ3) is 2.68. The van der Waals surface area contributed by atoms with Crippen molar-refractivity contribution in [3.8, 4) is 10.6 Å². The fourth-order valence-electron chi connectivity index (χ4n) is 1.25. The quantitative estimate of drug-likeness (QED) is 0.911. The molecule has 0 radical (unpaired) electrons. The highest BCUT2D eigenvalue weighted by Crippen LogP contribution is 2.32. The second-order valence-corrected chi connectivity index (χ2v) is 6.00. The highest BCUT2D eigenvalue weighted by atomic mass is 79.9. The van der Waals surface area contributed by atoms with Crippen molar-refractivity contribution in [2.45, 2.75) is 6.42 Å². The minimum atomic E-state index is 0.605. The molecule has 0 saturated carbocycles. The largest absolute Gasteiger partial charge is 0.330 e. The third-order valence-electron chi connectivity index (χ3n) is 1.98. The monoisotopic (exact) mass is 361 g/mol. The summed E-state index contributed by atoms with van der Waals surface area (Å²) in [6, 6.07) is 6.00. The molecule has 2 aromatic rings. The Morgan fingerprint density at radius 1 is 1.25 bits per heavy atom. The zero-order chi connectivity index (χ0) is 11.5. The van der Waals surface area contributed by atoms with Gasteiger partial charge in [-0.2, -0.15) is 0 Å². The van der Waals surface area contributed by atoms with Gasteiger partial charge in [-0.3, -0.25) is 0 Å². The fourth-order valence-corrected chi connectivity index (χ4v) is 3.06. The van der Waals surface area contributed by atoms with Gasteiger partial charge in [-0.05, 0) is 24.7 Å². The Hall–Kier alpha value is -0.300. The fraction of sp³-hybridized carbons (Fsp3) is 0.200. The maximum atomic E-state index is 5.48. The van der Waals surface area contributed by atoms with Crippen LogP contribution in [0.5, 0.6) is 0 Å². The molecular formula is C10H9Br2N3S. The van der Waals surface area contributed by atoms with Gasteiger partial charge in [-0.1, -0.05) is 43.2 Å². The lowest BCUT2D eigenvalue weighted by Gasteiger charge is -1.99. The molecule has 0 aliphatic carbocycles. The molecule has 0 amide bonds. The van der Waals surface area contributed by atoms with Crippen LogP contribution in [0.3, 0.4) is 0 Å². The molecule has 0 aliphatic rings. The molecule has 1 heterocycles. The Morgan fingerprint density at radius 3 is 2.81 bits per heavy atom. The summed E-state index contributed by atoms with van der Waals surface area (Å²) in [6.07, 6.45) is 0.781. The molecule has 0 aliphatic heterocycles. The summed E-state index contributed by atoms with van der Waals surface area (Å²) in [4.78, 5) is 0. The summed E-state index contributed by atoms with van der Waals surface area (Å²) in [5, 5.41) is 10.2. The number of aromatic nitrogens is 2. The van der Waals surface area contributed by atoms with Crippen LogP contribution in [0.2, 0.25) is 0 Å². The Kier molecular flexibility index (Phi) is 4.07. The number of hydrogen-bond acceptors (Lipinski definition) is 4. The topological polar surface area (TPSA) is 51.8 Å². The first-order chi connectivity index (χ1) is 7.70. The maximum Gasteiger partial charge on any atom is 0.148 e. The number of halogens is 2. The molecule has 1 aromatic heterocycles. The Labute approximate surface area is 114 Å². The van der Waals surface area contributed by atoms with E-state index in [1.807, 2.05) is 18.2 Å². The molecule has 2 rings (SSSR count). The van der Waals surface area contributed by atoms with E-state index in [0.29, 0.717) is 6.54 Å². The van der Waals surface area contributed by atoms with Gasteiger partial charge in [0, 0.05) is 20.9 Å². The SMILES string of the molecule is NCCc1nnc(-c2cc(Br)ccc2Br)s1. The van der Waals surface area contributed by atoms with Gasteiger partial charge in [-0.15, -0.1) is 10.2 Å². The lowest BCUT2D eigenvalue weighted by molar-refractivity contribution is 0.913. The lowest BCUT2D eigenvalue weighted by Crippen LogP contribution is -2.01. The molecule has 0 unspecified atom stereocenters. The van der Waals surface area contributed by atoms with Crippen LogP contribution < -0.4 is 5.73 Å². The van der Waals surface area contributed by atoms with Crippen LogP contribution in [-0.2, 0) is 6.42 Å². The molecule has 0 saturated heterocycles. The Morgan fingerprint density at radius 2 is 2.06 bits per heavy atom. The molecule has 0 atom stereocenters. The second kappa shape index (κ2) is 5.35. The lowest BCUT2D eigenvalue weighted by atomic mass is 10.2. The van der Waals surface area contributed by atoms with Crippen LogP contribution in [0, 0.1) is 0 Å². The number of rotatable bonds is 3. The van der Waals surface area contributed by atoms with Gasteiger partial charge in [0.1, 0.15) is 10.0 Å². The second-order valence-electron chi connectivity index (χ2n) is 3.16. The average molecular weight is 363 g/mol. The highest BCUT2D eigenvalue weighted by Gasteiger charge is 2.09. The van der Waals surface area contributed by atoms with E-state index < -0.39 is 0 Å². The van der Waals surface area contributed by atoms with Crippen LogP contribution >= 0.6 is 43.2 Å². The van der Waals surface area contributed by atoms with Crippen molar-refractivity contribution in [1.82, 2.24) is 10.2 Å². The molecule has 3 nitrogen and oxygen atoms in total. The summed E-state index contributed by atoms with van der Waals surface area (Å²) in [7, 11) is 0. The molecule has 16 heavy (non-hydrogen) atoms. The summed E-state index contributed by atoms with van der Waals surface area (Å²) >= 11 is 8.54. The van der Waals surface area contributed by atoms with Crippen LogP contribution in [0.1, 0.15) is 5.01 Å². The van der Waals surface area contributed by atoms with E-state index in [1.165, 1.54) is 0 Å². The zero-order valence-electron chi connectivity index (χ0n) is 8.28. The van der Waals surface area contributed by atoms with Gasteiger partial charge >= 0.3 is 0 Å². The summed E-state index contributed by atoms with van der Waals surface area (Å²) in [5.74, 6) is 0. The standard InChI is InChI=1S/C10H9Br2N3S/c11-6-1-2-8(12)7(5-6)10-15-14-9(16-10)3-4-13/h1-2,5H,3-4,13H2. The predicted molar refractivity (Wildman–Crippen MR) is 73.5 cm³/mol. The smallest absolute Gasteiger partial charge is 0.148 e. The van der Waals surface area contributed by atoms with E-state index in [-0.39, 0.29) is 0 Å². The molecule has 1 aromatic carbocycles. The Bertz CT molecular complexity index is 499. The third-order valence-corrected chi connectivity index (χ3v) is 4.18. The van der Waals surface area contributed by atoms with Gasteiger partial charge < -0.3 is 5.73 Å². The van der Waals surface area contributed by atoms with E-state index in [0.717, 1.165) is 30.9 Å². The van der Waals surface area contributed by atoms with Crippen LogP contribution in [0.25, 0.3) is 10.6 Å². The number of hydrogen-bond donors (Lipinski definition) is 1. The number of benzene rings is 1. The van der Waals surface area contributed by atoms with E-state index in [1.54, 1.807) is 11.3 Å². The first-order valence-electron chi connectivity index (χ1n) is 4.68. The molecule has 2 N–H and O–H groups in total. The first kappa shape index (κ1) is 12.2. The van der Waals surface area contributed by atoms with Crippen LogP contribution in [0.15, 0.2) is 27.1 Å². The maximum absolute atomic E-state index is 5.48. The first-order valence-corrected chi connectivity index (χ1v) is 7.09. The number of nitrogens with zero attached hydrogens (tertiary/aromatic N) is 2. The minimum Gasteiger partial charge on any atom is -0.330 e. The van der Waals surface area contributed by atoms with Crippen molar-refractivity contribution >= 4 is 43.2 Å². The summed E-state index contributed by atoms with van der Waals surface area (Å²) < 4.78 is 2.05.